The number of hydrogen-bond donors (Lipinski definition) is 1. The maximum Gasteiger partial charge on any atom is 0.215 e. The first-order valence-electron chi connectivity index (χ1n) is 6.94. The molecule has 2 fully saturated rings. The minimum absolute atomic E-state index is 0.217. The van der Waals surface area contributed by atoms with E-state index in [9.17, 15) is 8.42 Å². The van der Waals surface area contributed by atoms with Crippen LogP contribution in [0.4, 0.5) is 0 Å². The van der Waals surface area contributed by atoms with E-state index in [1.165, 1.54) is 12.8 Å². The van der Waals surface area contributed by atoms with Crippen LogP contribution in [0, 0.1) is 0 Å². The molecule has 0 atom stereocenters. The standard InChI is InChI=1S/C12H25N3O2S/c1-11(2)13-5-10-18(16,17)15-8-6-14(7-9-15)12-3-4-12/h11-13H,3-10H2,1-2H3. The molecule has 5 nitrogen and oxygen atoms in total. The van der Waals surface area contributed by atoms with Crippen molar-refractivity contribution >= 4 is 10.0 Å². The summed E-state index contributed by atoms with van der Waals surface area (Å²) < 4.78 is 25.9. The molecule has 106 valence electrons. The van der Waals surface area contributed by atoms with E-state index in [4.69, 9.17) is 0 Å². The summed E-state index contributed by atoms with van der Waals surface area (Å²) in [7, 11) is -3.06. The van der Waals surface area contributed by atoms with Gasteiger partial charge in [0.2, 0.25) is 10.0 Å². The topological polar surface area (TPSA) is 52.7 Å². The number of hydrogen-bond acceptors (Lipinski definition) is 4. The van der Waals surface area contributed by atoms with Crippen molar-refractivity contribution < 1.29 is 8.42 Å². The van der Waals surface area contributed by atoms with E-state index in [0.717, 1.165) is 19.1 Å². The number of rotatable bonds is 6. The summed E-state index contributed by atoms with van der Waals surface area (Å²) in [6, 6.07) is 1.09. The van der Waals surface area contributed by atoms with Gasteiger partial charge in [-0.15, -0.1) is 0 Å². The molecule has 6 heteroatoms. The maximum atomic E-state index is 12.1. The second-order valence-electron chi connectivity index (χ2n) is 5.59. The quantitative estimate of drug-likeness (QED) is 0.747. The lowest BCUT2D eigenvalue weighted by Crippen LogP contribution is -2.50. The molecule has 1 saturated heterocycles. The molecule has 0 spiro atoms. The first-order chi connectivity index (χ1) is 8.49. The van der Waals surface area contributed by atoms with Crippen LogP contribution in [-0.4, -0.2) is 68.2 Å². The van der Waals surface area contributed by atoms with E-state index in [0.29, 0.717) is 25.7 Å². The molecule has 2 aliphatic rings. The van der Waals surface area contributed by atoms with Crippen molar-refractivity contribution in [3.05, 3.63) is 0 Å². The number of piperazine rings is 1. The zero-order valence-corrected chi connectivity index (χ0v) is 12.2. The van der Waals surface area contributed by atoms with E-state index in [1.807, 2.05) is 13.8 Å². The Morgan fingerprint density at radius 2 is 1.78 bits per heavy atom. The van der Waals surface area contributed by atoms with E-state index >= 15 is 0 Å². The summed E-state index contributed by atoms with van der Waals surface area (Å²) in [5.41, 5.74) is 0. The van der Waals surface area contributed by atoms with Gasteiger partial charge in [0.25, 0.3) is 0 Å². The predicted octanol–water partition coefficient (Wildman–Crippen LogP) is 0.0942. The fourth-order valence-corrected chi connectivity index (χ4v) is 3.75. The second-order valence-corrected chi connectivity index (χ2v) is 7.68. The molecule has 1 saturated carbocycles. The van der Waals surface area contributed by atoms with Crippen molar-refractivity contribution in [1.29, 1.82) is 0 Å². The van der Waals surface area contributed by atoms with Gasteiger partial charge in [0.05, 0.1) is 5.75 Å². The highest BCUT2D eigenvalue weighted by Gasteiger charge is 2.33. The van der Waals surface area contributed by atoms with E-state index in [-0.39, 0.29) is 5.75 Å². The van der Waals surface area contributed by atoms with Gasteiger partial charge in [-0.1, -0.05) is 13.8 Å². The molecule has 1 N–H and O–H groups in total. The van der Waals surface area contributed by atoms with E-state index in [1.54, 1.807) is 4.31 Å². The second kappa shape index (κ2) is 5.86. The van der Waals surface area contributed by atoms with Crippen LogP contribution in [0.25, 0.3) is 0 Å². The first-order valence-corrected chi connectivity index (χ1v) is 8.55. The van der Waals surface area contributed by atoms with Crippen molar-refractivity contribution in [2.24, 2.45) is 0 Å². The van der Waals surface area contributed by atoms with Gasteiger partial charge in [0.1, 0.15) is 0 Å². The molecular formula is C12H25N3O2S. The van der Waals surface area contributed by atoms with E-state index in [2.05, 4.69) is 10.2 Å². The summed E-state index contributed by atoms with van der Waals surface area (Å²) >= 11 is 0. The molecule has 1 aliphatic carbocycles. The van der Waals surface area contributed by atoms with Crippen LogP contribution in [0.3, 0.4) is 0 Å². The smallest absolute Gasteiger partial charge is 0.215 e. The van der Waals surface area contributed by atoms with Crippen LogP contribution in [0.15, 0.2) is 0 Å². The molecule has 2 rings (SSSR count). The van der Waals surface area contributed by atoms with Gasteiger partial charge >= 0.3 is 0 Å². The van der Waals surface area contributed by atoms with Gasteiger partial charge in [-0.25, -0.2) is 8.42 Å². The lowest BCUT2D eigenvalue weighted by atomic mass is 10.3. The van der Waals surface area contributed by atoms with Gasteiger partial charge in [0.15, 0.2) is 0 Å². The van der Waals surface area contributed by atoms with Crippen LogP contribution in [0.1, 0.15) is 26.7 Å². The molecule has 0 unspecified atom stereocenters. The first kappa shape index (κ1) is 14.2. The van der Waals surface area contributed by atoms with Gasteiger partial charge in [0, 0.05) is 44.8 Å². The number of sulfonamides is 1. The highest BCUT2D eigenvalue weighted by Crippen LogP contribution is 2.27. The fourth-order valence-electron chi connectivity index (χ4n) is 2.39. The Morgan fingerprint density at radius 1 is 1.17 bits per heavy atom. The Morgan fingerprint density at radius 3 is 2.28 bits per heavy atom. The Kier molecular flexibility index (Phi) is 4.64. The zero-order valence-electron chi connectivity index (χ0n) is 11.4. The minimum Gasteiger partial charge on any atom is -0.313 e. The van der Waals surface area contributed by atoms with Crippen LogP contribution >= 0.6 is 0 Å². The molecule has 0 bridgehead atoms. The summed E-state index contributed by atoms with van der Waals surface area (Å²) in [6.45, 7) is 7.74. The molecule has 0 aromatic rings. The molecule has 1 aliphatic heterocycles. The number of nitrogens with zero attached hydrogens (tertiary/aromatic N) is 2. The summed E-state index contributed by atoms with van der Waals surface area (Å²) in [5, 5.41) is 3.16. The highest BCUT2D eigenvalue weighted by molar-refractivity contribution is 7.89. The molecule has 1 heterocycles. The average molecular weight is 275 g/mol. The van der Waals surface area contributed by atoms with Crippen LogP contribution in [0.2, 0.25) is 0 Å². The molecule has 0 aromatic heterocycles. The summed E-state index contributed by atoms with van der Waals surface area (Å²) in [5.74, 6) is 0.217. The maximum absolute atomic E-state index is 12.1. The lowest BCUT2D eigenvalue weighted by Gasteiger charge is -2.34. The molecule has 0 amide bonds. The predicted molar refractivity (Wildman–Crippen MR) is 73.1 cm³/mol. The van der Waals surface area contributed by atoms with Gasteiger partial charge < -0.3 is 5.32 Å². The zero-order chi connectivity index (χ0) is 13.2. The van der Waals surface area contributed by atoms with Gasteiger partial charge in [-0.3, -0.25) is 4.90 Å². The molecule has 18 heavy (non-hydrogen) atoms. The Balaban J connectivity index is 1.76. The van der Waals surface area contributed by atoms with Crippen LogP contribution in [-0.2, 0) is 10.0 Å². The van der Waals surface area contributed by atoms with Crippen LogP contribution < -0.4 is 5.32 Å². The van der Waals surface area contributed by atoms with Gasteiger partial charge in [-0.2, -0.15) is 4.31 Å². The Labute approximate surface area is 111 Å². The van der Waals surface area contributed by atoms with Crippen molar-refractivity contribution in [3.8, 4) is 0 Å². The fraction of sp³-hybridized carbons (Fsp3) is 1.00. The third-order valence-corrected chi connectivity index (χ3v) is 5.51. The van der Waals surface area contributed by atoms with Crippen molar-refractivity contribution in [1.82, 2.24) is 14.5 Å². The van der Waals surface area contributed by atoms with Crippen molar-refractivity contribution in [2.45, 2.75) is 38.8 Å². The number of nitrogens with one attached hydrogen (secondary N) is 1. The Bertz CT molecular complexity index is 358. The van der Waals surface area contributed by atoms with Crippen LogP contribution in [0.5, 0.6) is 0 Å². The molecule has 0 aromatic carbocycles. The molecule has 0 radical (unpaired) electrons. The minimum atomic E-state index is -3.06. The van der Waals surface area contributed by atoms with Gasteiger partial charge in [-0.05, 0) is 12.8 Å². The largest absolute Gasteiger partial charge is 0.313 e. The van der Waals surface area contributed by atoms with Crippen molar-refractivity contribution in [3.63, 3.8) is 0 Å². The normalized spacial score (nSPS) is 23.7. The summed E-state index contributed by atoms with van der Waals surface area (Å²) in [4.78, 5) is 2.43. The lowest BCUT2D eigenvalue weighted by molar-refractivity contribution is 0.180. The van der Waals surface area contributed by atoms with Crippen molar-refractivity contribution in [2.75, 3.05) is 38.5 Å². The van der Waals surface area contributed by atoms with E-state index < -0.39 is 10.0 Å². The third-order valence-electron chi connectivity index (χ3n) is 3.64. The third kappa shape index (κ3) is 3.91. The monoisotopic (exact) mass is 275 g/mol. The summed E-state index contributed by atoms with van der Waals surface area (Å²) in [6.07, 6.45) is 2.59. The SMILES string of the molecule is CC(C)NCCS(=O)(=O)N1CCN(C2CC2)CC1. The highest BCUT2D eigenvalue weighted by atomic mass is 32.2. The average Bonchev–Trinajstić information content (AvgIpc) is 3.12. The Hall–Kier alpha value is -0.170. The molecular weight excluding hydrogens is 250 g/mol.